The molecule has 0 radical (unpaired) electrons. The summed E-state index contributed by atoms with van der Waals surface area (Å²) in [6, 6.07) is 7.46. The van der Waals surface area contributed by atoms with Crippen LogP contribution < -0.4 is 11.1 Å². The second-order valence-electron chi connectivity index (χ2n) is 5.33. The molecule has 0 aromatic heterocycles. The lowest BCUT2D eigenvalue weighted by molar-refractivity contribution is -0.122. The predicted molar refractivity (Wildman–Crippen MR) is 75.5 cm³/mol. The normalized spacial score (nSPS) is 13.2. The van der Waals surface area contributed by atoms with Gasteiger partial charge in [0.05, 0.1) is 6.04 Å². The first kappa shape index (κ1) is 15.0. The molecule has 0 fully saturated rings. The van der Waals surface area contributed by atoms with Crippen LogP contribution in [0, 0.1) is 0 Å². The molecule has 100 valence electrons. The van der Waals surface area contributed by atoms with Gasteiger partial charge < -0.3 is 11.1 Å². The SMILES string of the molecule is C[C@@H](NC(=O)CCC(C)(C)N)c1cccc(Cl)c1. The van der Waals surface area contributed by atoms with E-state index in [0.29, 0.717) is 17.9 Å². The van der Waals surface area contributed by atoms with Crippen LogP contribution in [0.3, 0.4) is 0 Å². The minimum Gasteiger partial charge on any atom is -0.350 e. The highest BCUT2D eigenvalue weighted by molar-refractivity contribution is 6.30. The highest BCUT2D eigenvalue weighted by atomic mass is 35.5. The largest absolute Gasteiger partial charge is 0.350 e. The number of nitrogens with one attached hydrogen (secondary N) is 1. The third-order valence-electron chi connectivity index (χ3n) is 2.72. The zero-order chi connectivity index (χ0) is 13.8. The van der Waals surface area contributed by atoms with Gasteiger partial charge in [0.1, 0.15) is 0 Å². The number of amides is 1. The molecular weight excluding hydrogens is 248 g/mol. The van der Waals surface area contributed by atoms with Gasteiger partial charge in [-0.3, -0.25) is 4.79 Å². The standard InChI is InChI=1S/C14H21ClN2O/c1-10(11-5-4-6-12(15)9-11)17-13(18)7-8-14(2,3)16/h4-6,9-10H,7-8,16H2,1-3H3,(H,17,18)/t10-/m1/s1. The van der Waals surface area contributed by atoms with Crippen molar-refractivity contribution >= 4 is 17.5 Å². The van der Waals surface area contributed by atoms with Crippen LogP contribution in [0.2, 0.25) is 5.02 Å². The van der Waals surface area contributed by atoms with Crippen molar-refractivity contribution in [2.24, 2.45) is 5.73 Å². The zero-order valence-corrected chi connectivity index (χ0v) is 11.9. The fourth-order valence-electron chi connectivity index (χ4n) is 1.61. The monoisotopic (exact) mass is 268 g/mol. The molecule has 3 N–H and O–H groups in total. The number of nitrogens with two attached hydrogens (primary N) is 1. The molecule has 18 heavy (non-hydrogen) atoms. The highest BCUT2D eigenvalue weighted by Crippen LogP contribution is 2.17. The first-order valence-electron chi connectivity index (χ1n) is 6.11. The maximum atomic E-state index is 11.8. The van der Waals surface area contributed by atoms with Crippen molar-refractivity contribution in [1.29, 1.82) is 0 Å². The molecule has 0 aliphatic carbocycles. The lowest BCUT2D eigenvalue weighted by Gasteiger charge is -2.19. The van der Waals surface area contributed by atoms with Gasteiger partial charge in [-0.15, -0.1) is 0 Å². The highest BCUT2D eigenvalue weighted by Gasteiger charge is 2.15. The van der Waals surface area contributed by atoms with Crippen LogP contribution in [0.4, 0.5) is 0 Å². The van der Waals surface area contributed by atoms with Gasteiger partial charge in [-0.1, -0.05) is 23.7 Å². The number of rotatable bonds is 5. The topological polar surface area (TPSA) is 55.1 Å². The van der Waals surface area contributed by atoms with Crippen LogP contribution in [0.25, 0.3) is 0 Å². The Bertz CT molecular complexity index is 413. The molecule has 1 amide bonds. The number of hydrogen-bond acceptors (Lipinski definition) is 2. The number of hydrogen-bond donors (Lipinski definition) is 2. The predicted octanol–water partition coefficient (Wildman–Crippen LogP) is 3.03. The summed E-state index contributed by atoms with van der Waals surface area (Å²) in [6.07, 6.45) is 1.11. The molecule has 0 spiro atoms. The van der Waals surface area contributed by atoms with Gasteiger partial charge in [0.25, 0.3) is 0 Å². The van der Waals surface area contributed by atoms with E-state index in [2.05, 4.69) is 5.32 Å². The Morgan fingerprint density at radius 1 is 1.50 bits per heavy atom. The lowest BCUT2D eigenvalue weighted by Crippen LogP contribution is -2.35. The quantitative estimate of drug-likeness (QED) is 0.862. The molecular formula is C14H21ClN2O. The maximum Gasteiger partial charge on any atom is 0.220 e. The van der Waals surface area contributed by atoms with Crippen molar-refractivity contribution < 1.29 is 4.79 Å². The van der Waals surface area contributed by atoms with Gasteiger partial charge in [0.2, 0.25) is 5.91 Å². The summed E-state index contributed by atoms with van der Waals surface area (Å²) in [5, 5.41) is 3.62. The van der Waals surface area contributed by atoms with E-state index in [1.165, 1.54) is 0 Å². The minimum absolute atomic E-state index is 0.0148. The van der Waals surface area contributed by atoms with Gasteiger partial charge >= 0.3 is 0 Å². The summed E-state index contributed by atoms with van der Waals surface area (Å²) in [7, 11) is 0. The first-order chi connectivity index (χ1) is 8.28. The molecule has 1 aromatic carbocycles. The van der Waals surface area contributed by atoms with Gasteiger partial charge in [0.15, 0.2) is 0 Å². The van der Waals surface area contributed by atoms with E-state index in [1.807, 2.05) is 45.0 Å². The van der Waals surface area contributed by atoms with Crippen LogP contribution >= 0.6 is 11.6 Å². The molecule has 0 bridgehead atoms. The van der Waals surface area contributed by atoms with Crippen LogP contribution in [0.1, 0.15) is 45.2 Å². The maximum absolute atomic E-state index is 11.8. The van der Waals surface area contributed by atoms with E-state index in [9.17, 15) is 4.79 Å². The summed E-state index contributed by atoms with van der Waals surface area (Å²) in [5.41, 5.74) is 6.54. The van der Waals surface area contributed by atoms with Crippen molar-refractivity contribution in [3.8, 4) is 0 Å². The molecule has 1 atom stereocenters. The molecule has 0 heterocycles. The van der Waals surface area contributed by atoms with Gasteiger partial charge in [0, 0.05) is 17.0 Å². The number of carbonyl (C=O) groups is 1. The fourth-order valence-corrected chi connectivity index (χ4v) is 1.81. The zero-order valence-electron chi connectivity index (χ0n) is 11.2. The summed E-state index contributed by atoms with van der Waals surface area (Å²) in [4.78, 5) is 11.8. The van der Waals surface area contributed by atoms with E-state index < -0.39 is 0 Å². The smallest absolute Gasteiger partial charge is 0.220 e. The number of benzene rings is 1. The second kappa shape index (κ2) is 6.21. The average Bonchev–Trinajstić information content (AvgIpc) is 2.25. The molecule has 0 aliphatic heterocycles. The molecule has 0 aliphatic rings. The number of halogens is 1. The Hall–Kier alpha value is -1.06. The van der Waals surface area contributed by atoms with Crippen molar-refractivity contribution in [3.05, 3.63) is 34.9 Å². The van der Waals surface area contributed by atoms with E-state index in [1.54, 1.807) is 0 Å². The van der Waals surface area contributed by atoms with E-state index >= 15 is 0 Å². The van der Waals surface area contributed by atoms with Crippen LogP contribution in [-0.2, 0) is 4.79 Å². The summed E-state index contributed by atoms with van der Waals surface area (Å²) < 4.78 is 0. The third-order valence-corrected chi connectivity index (χ3v) is 2.96. The second-order valence-corrected chi connectivity index (χ2v) is 5.77. The van der Waals surface area contributed by atoms with Gasteiger partial charge in [-0.25, -0.2) is 0 Å². The fraction of sp³-hybridized carbons (Fsp3) is 0.500. The van der Waals surface area contributed by atoms with Crippen molar-refractivity contribution in [2.45, 2.75) is 45.2 Å². The molecule has 0 unspecified atom stereocenters. The molecule has 1 aromatic rings. The Kier molecular flexibility index (Phi) is 5.17. The number of carbonyl (C=O) groups excluding carboxylic acids is 1. The van der Waals surface area contributed by atoms with Gasteiger partial charge in [-0.2, -0.15) is 0 Å². The molecule has 0 saturated carbocycles. The van der Waals surface area contributed by atoms with Crippen molar-refractivity contribution in [2.75, 3.05) is 0 Å². The summed E-state index contributed by atoms with van der Waals surface area (Å²) >= 11 is 5.92. The molecule has 4 heteroatoms. The van der Waals surface area contributed by atoms with Crippen LogP contribution in [0.15, 0.2) is 24.3 Å². The summed E-state index contributed by atoms with van der Waals surface area (Å²) in [5.74, 6) is 0.0148. The molecule has 0 saturated heterocycles. The Morgan fingerprint density at radius 3 is 2.72 bits per heavy atom. The average molecular weight is 269 g/mol. The lowest BCUT2D eigenvalue weighted by atomic mass is 9.99. The first-order valence-corrected chi connectivity index (χ1v) is 6.49. The van der Waals surface area contributed by atoms with Gasteiger partial charge in [-0.05, 0) is 44.9 Å². The Morgan fingerprint density at radius 2 is 2.17 bits per heavy atom. The van der Waals surface area contributed by atoms with Crippen LogP contribution in [-0.4, -0.2) is 11.4 Å². The Labute approximate surface area is 114 Å². The molecule has 1 rings (SSSR count). The van der Waals surface area contributed by atoms with E-state index in [4.69, 9.17) is 17.3 Å². The minimum atomic E-state index is -0.309. The van der Waals surface area contributed by atoms with Crippen molar-refractivity contribution in [3.63, 3.8) is 0 Å². The van der Waals surface area contributed by atoms with Crippen molar-refractivity contribution in [1.82, 2.24) is 5.32 Å². The van der Waals surface area contributed by atoms with Crippen LogP contribution in [0.5, 0.6) is 0 Å². The van der Waals surface area contributed by atoms with E-state index in [-0.39, 0.29) is 17.5 Å². The summed E-state index contributed by atoms with van der Waals surface area (Å²) in [6.45, 7) is 5.78. The van der Waals surface area contributed by atoms with E-state index in [0.717, 1.165) is 5.56 Å². The molecule has 3 nitrogen and oxygen atoms in total. The third kappa shape index (κ3) is 5.52. The Balaban J connectivity index is 2.50.